The number of amides is 2. The van der Waals surface area contributed by atoms with Crippen molar-refractivity contribution in [3.63, 3.8) is 0 Å². The number of carboxylic acid groups (broad SMARTS) is 1. The van der Waals surface area contributed by atoms with Gasteiger partial charge in [-0.3, -0.25) is 4.79 Å². The molecule has 0 saturated heterocycles. The highest BCUT2D eigenvalue weighted by Crippen LogP contribution is 2.24. The molecule has 0 fully saturated rings. The van der Waals surface area contributed by atoms with Crippen LogP contribution in [0.15, 0.2) is 6.20 Å². The van der Waals surface area contributed by atoms with Gasteiger partial charge in [0.25, 0.3) is 0 Å². The van der Waals surface area contributed by atoms with Crippen molar-refractivity contribution < 1.29 is 19.4 Å². The molecule has 5 N–H and O–H groups in total. The monoisotopic (exact) mass is 378 g/mol. The average Bonchev–Trinajstić information content (AvgIpc) is 3.00. The van der Waals surface area contributed by atoms with Crippen molar-refractivity contribution in [2.24, 2.45) is 0 Å². The number of pyridine rings is 1. The molecular formula is C17H26N6O4. The first-order chi connectivity index (χ1) is 12.9. The maximum Gasteiger partial charge on any atom is 0.323 e. The van der Waals surface area contributed by atoms with Gasteiger partial charge in [-0.15, -0.1) is 0 Å². The van der Waals surface area contributed by atoms with Crippen LogP contribution in [0.3, 0.4) is 0 Å². The van der Waals surface area contributed by atoms with Gasteiger partial charge in [0.2, 0.25) is 0 Å². The molecule has 0 aromatic carbocycles. The lowest BCUT2D eigenvalue weighted by Crippen LogP contribution is -2.38. The molecule has 0 saturated carbocycles. The van der Waals surface area contributed by atoms with E-state index in [0.29, 0.717) is 37.6 Å². The Kier molecular flexibility index (Phi) is 7.35. The molecule has 2 aromatic rings. The van der Waals surface area contributed by atoms with E-state index in [2.05, 4.69) is 25.2 Å². The third-order valence-corrected chi connectivity index (χ3v) is 3.99. The number of fused-ring (bicyclic) bond motifs is 1. The predicted molar refractivity (Wildman–Crippen MR) is 100 cm³/mol. The number of carbonyl (C=O) groups is 2. The number of aliphatic carboxylic acids is 1. The molecule has 10 heteroatoms. The van der Waals surface area contributed by atoms with Crippen molar-refractivity contribution in [1.29, 1.82) is 0 Å². The molecule has 27 heavy (non-hydrogen) atoms. The lowest BCUT2D eigenvalue weighted by molar-refractivity contribution is -0.135. The molecule has 2 heterocycles. The minimum Gasteiger partial charge on any atom is -0.480 e. The van der Waals surface area contributed by atoms with Crippen LogP contribution in [0.25, 0.3) is 11.0 Å². The first kappa shape index (κ1) is 20.4. The first-order valence-electron chi connectivity index (χ1n) is 8.85. The zero-order valence-electron chi connectivity index (χ0n) is 15.6. The smallest absolute Gasteiger partial charge is 0.323 e. The normalized spacial score (nSPS) is 10.9. The molecular weight excluding hydrogens is 352 g/mol. The van der Waals surface area contributed by atoms with Crippen molar-refractivity contribution in [2.75, 3.05) is 25.4 Å². The van der Waals surface area contributed by atoms with Crippen molar-refractivity contribution in [2.45, 2.75) is 39.8 Å². The van der Waals surface area contributed by atoms with Crippen LogP contribution in [0.5, 0.6) is 0 Å². The van der Waals surface area contributed by atoms with Gasteiger partial charge in [-0.2, -0.15) is 0 Å². The number of hydrogen-bond donors (Lipinski definition) is 4. The number of nitrogens with one attached hydrogen (secondary N) is 2. The number of nitrogens with two attached hydrogens (primary N) is 1. The number of carbonyl (C=O) groups excluding carboxylic acids is 1. The highest BCUT2D eigenvalue weighted by molar-refractivity contribution is 5.87. The summed E-state index contributed by atoms with van der Waals surface area (Å²) in [5.41, 5.74) is 8.58. The Hall–Kier alpha value is -2.88. The lowest BCUT2D eigenvalue weighted by Gasteiger charge is -2.11. The fourth-order valence-corrected chi connectivity index (χ4v) is 2.73. The van der Waals surface area contributed by atoms with Crippen LogP contribution in [0.1, 0.15) is 31.2 Å². The fourth-order valence-electron chi connectivity index (χ4n) is 2.73. The van der Waals surface area contributed by atoms with Gasteiger partial charge >= 0.3 is 12.0 Å². The van der Waals surface area contributed by atoms with Gasteiger partial charge in [-0.1, -0.05) is 0 Å². The Labute approximate surface area is 157 Å². The standard InChI is InChI=1S/C17H26N6O4/c1-3-27-10-12-22-14-15(11(2)8-20-16(14)18)23(12)7-5-4-6-19-17(26)21-9-13(24)25/h8H,3-7,9-10H2,1-2H3,(H2,18,20)(H,24,25)(H2,19,21,26). The summed E-state index contributed by atoms with van der Waals surface area (Å²) in [5.74, 6) is 0.105. The number of imidazole rings is 1. The summed E-state index contributed by atoms with van der Waals surface area (Å²) >= 11 is 0. The van der Waals surface area contributed by atoms with Gasteiger partial charge in [0.05, 0.1) is 5.52 Å². The fraction of sp³-hybridized carbons (Fsp3) is 0.529. The van der Waals surface area contributed by atoms with Crippen LogP contribution in [-0.4, -0.2) is 51.3 Å². The molecule has 0 spiro atoms. The van der Waals surface area contributed by atoms with Crippen LogP contribution < -0.4 is 16.4 Å². The molecule has 2 amide bonds. The summed E-state index contributed by atoms with van der Waals surface area (Å²) in [6.45, 7) is 5.61. The van der Waals surface area contributed by atoms with E-state index in [1.807, 2.05) is 13.8 Å². The summed E-state index contributed by atoms with van der Waals surface area (Å²) in [6, 6.07) is -0.489. The number of rotatable bonds is 10. The number of aryl methyl sites for hydroxylation is 2. The Morgan fingerprint density at radius 2 is 2.11 bits per heavy atom. The number of anilines is 1. The van der Waals surface area contributed by atoms with Gasteiger partial charge in [0, 0.05) is 25.9 Å². The maximum absolute atomic E-state index is 11.4. The summed E-state index contributed by atoms with van der Waals surface area (Å²) in [5, 5.41) is 13.4. The molecule has 0 atom stereocenters. The van der Waals surface area contributed by atoms with Gasteiger partial charge in [-0.05, 0) is 32.3 Å². The molecule has 0 aliphatic carbocycles. The maximum atomic E-state index is 11.4. The minimum absolute atomic E-state index is 0.389. The highest BCUT2D eigenvalue weighted by Gasteiger charge is 2.15. The Morgan fingerprint density at radius 3 is 2.81 bits per heavy atom. The Morgan fingerprint density at radius 1 is 1.33 bits per heavy atom. The van der Waals surface area contributed by atoms with E-state index in [-0.39, 0.29) is 0 Å². The van der Waals surface area contributed by atoms with E-state index in [4.69, 9.17) is 15.6 Å². The van der Waals surface area contributed by atoms with E-state index >= 15 is 0 Å². The Balaban J connectivity index is 1.97. The van der Waals surface area contributed by atoms with Crippen molar-refractivity contribution in [1.82, 2.24) is 25.2 Å². The van der Waals surface area contributed by atoms with Gasteiger partial charge in [-0.25, -0.2) is 14.8 Å². The van der Waals surface area contributed by atoms with Crippen LogP contribution in [0.2, 0.25) is 0 Å². The minimum atomic E-state index is -1.08. The summed E-state index contributed by atoms with van der Waals surface area (Å²) in [7, 11) is 0. The number of aromatic nitrogens is 3. The highest BCUT2D eigenvalue weighted by atomic mass is 16.5. The SMILES string of the molecule is CCOCc1nc2c(N)ncc(C)c2n1CCCCNC(=O)NCC(=O)O. The van der Waals surface area contributed by atoms with Gasteiger partial charge < -0.3 is 30.8 Å². The molecule has 0 bridgehead atoms. The number of nitrogen functional groups attached to an aromatic ring is 1. The molecule has 148 valence electrons. The lowest BCUT2D eigenvalue weighted by atomic mass is 10.2. The van der Waals surface area contributed by atoms with E-state index < -0.39 is 18.5 Å². The number of urea groups is 1. The largest absolute Gasteiger partial charge is 0.480 e. The number of nitrogens with zero attached hydrogens (tertiary/aromatic N) is 3. The molecule has 10 nitrogen and oxygen atoms in total. The second-order valence-corrected chi connectivity index (χ2v) is 6.05. The molecule has 0 aliphatic heterocycles. The van der Waals surface area contributed by atoms with Crippen molar-refractivity contribution >= 4 is 28.9 Å². The third kappa shape index (κ3) is 5.55. The van der Waals surface area contributed by atoms with Crippen LogP contribution in [-0.2, 0) is 22.7 Å². The summed E-state index contributed by atoms with van der Waals surface area (Å²) < 4.78 is 7.60. The molecule has 2 rings (SSSR count). The second kappa shape index (κ2) is 9.72. The molecule has 0 radical (unpaired) electrons. The van der Waals surface area contributed by atoms with Crippen LogP contribution in [0, 0.1) is 6.92 Å². The number of ether oxygens (including phenoxy) is 1. The van der Waals surface area contributed by atoms with Gasteiger partial charge in [0.15, 0.2) is 5.82 Å². The summed E-state index contributed by atoms with van der Waals surface area (Å²) in [4.78, 5) is 30.6. The average molecular weight is 378 g/mol. The molecule has 0 unspecified atom stereocenters. The number of unbranched alkanes of at least 4 members (excludes halogenated alkanes) is 1. The third-order valence-electron chi connectivity index (χ3n) is 3.99. The van der Waals surface area contributed by atoms with E-state index in [0.717, 1.165) is 29.7 Å². The van der Waals surface area contributed by atoms with E-state index in [1.54, 1.807) is 6.20 Å². The zero-order valence-corrected chi connectivity index (χ0v) is 15.6. The first-order valence-corrected chi connectivity index (χ1v) is 8.85. The quantitative estimate of drug-likeness (QED) is 0.452. The molecule has 0 aliphatic rings. The van der Waals surface area contributed by atoms with Crippen LogP contribution in [0.4, 0.5) is 10.6 Å². The number of carboxylic acids is 1. The van der Waals surface area contributed by atoms with E-state index in [1.165, 1.54) is 0 Å². The second-order valence-electron chi connectivity index (χ2n) is 6.05. The predicted octanol–water partition coefficient (Wildman–Crippen LogP) is 1.02. The zero-order chi connectivity index (χ0) is 19.8. The van der Waals surface area contributed by atoms with Crippen LogP contribution >= 0.6 is 0 Å². The topological polar surface area (TPSA) is 144 Å². The summed E-state index contributed by atoms with van der Waals surface area (Å²) in [6.07, 6.45) is 3.26. The van der Waals surface area contributed by atoms with E-state index in [9.17, 15) is 9.59 Å². The Bertz CT molecular complexity index is 804. The van der Waals surface area contributed by atoms with Crippen molar-refractivity contribution in [3.05, 3.63) is 17.6 Å². The van der Waals surface area contributed by atoms with Gasteiger partial charge in [0.1, 0.15) is 24.5 Å². The van der Waals surface area contributed by atoms with Crippen molar-refractivity contribution in [3.8, 4) is 0 Å². The molecule has 2 aromatic heterocycles. The number of hydrogen-bond acceptors (Lipinski definition) is 6.